The minimum atomic E-state index is -3.72. The van der Waals surface area contributed by atoms with Crippen molar-refractivity contribution in [2.75, 3.05) is 13.7 Å². The lowest BCUT2D eigenvalue weighted by molar-refractivity contribution is 0.402. The molecule has 3 rings (SSSR count). The summed E-state index contributed by atoms with van der Waals surface area (Å²) in [6.07, 6.45) is 0. The first kappa shape index (κ1) is 18.6. The Bertz CT molecular complexity index is 979. The number of sulfonamides is 1. The van der Waals surface area contributed by atoms with E-state index in [0.29, 0.717) is 5.75 Å². The number of methoxy groups -OCH3 is 1. The molecule has 1 aromatic carbocycles. The molecule has 3 aromatic rings. The number of para-hydroxylation sites is 1. The lowest BCUT2D eigenvalue weighted by Crippen LogP contribution is -2.32. The number of rotatable bonds is 7. The average Bonchev–Trinajstić information content (AvgIpc) is 3.25. The van der Waals surface area contributed by atoms with Gasteiger partial charge in [-0.25, -0.2) is 13.1 Å². The van der Waals surface area contributed by atoms with Gasteiger partial charge in [-0.2, -0.15) is 16.4 Å². The fourth-order valence-electron chi connectivity index (χ4n) is 2.88. The summed E-state index contributed by atoms with van der Waals surface area (Å²) in [6.45, 7) is 4.08. The van der Waals surface area contributed by atoms with Crippen LogP contribution in [0.3, 0.4) is 0 Å². The van der Waals surface area contributed by atoms with E-state index in [9.17, 15) is 8.42 Å². The minimum Gasteiger partial charge on any atom is -0.495 e. The molecule has 138 valence electrons. The predicted octanol–water partition coefficient (Wildman–Crippen LogP) is 3.14. The maximum atomic E-state index is 12.8. The summed E-state index contributed by atoms with van der Waals surface area (Å²) in [4.78, 5) is 0.125. The summed E-state index contributed by atoms with van der Waals surface area (Å²) in [5, 5.41) is 8.52. The van der Waals surface area contributed by atoms with E-state index in [2.05, 4.69) is 9.82 Å². The van der Waals surface area contributed by atoms with Crippen LogP contribution in [0.15, 0.2) is 52.1 Å². The van der Waals surface area contributed by atoms with Gasteiger partial charge in [0.2, 0.25) is 10.0 Å². The third-order valence-electron chi connectivity index (χ3n) is 4.09. The Morgan fingerprint density at radius 3 is 2.65 bits per heavy atom. The summed E-state index contributed by atoms with van der Waals surface area (Å²) < 4.78 is 35.3. The molecule has 0 bridgehead atoms. The van der Waals surface area contributed by atoms with Crippen molar-refractivity contribution in [3.05, 3.63) is 64.1 Å². The fraction of sp³-hybridized carbons (Fsp3) is 0.278. The van der Waals surface area contributed by atoms with E-state index in [4.69, 9.17) is 4.74 Å². The SMILES string of the molecule is COc1ccccc1S(=O)(=O)NCC(c1ccsc1)n1nc(C)cc1C. The van der Waals surface area contributed by atoms with Crippen molar-refractivity contribution in [3.8, 4) is 5.75 Å². The molecule has 2 heterocycles. The van der Waals surface area contributed by atoms with Crippen LogP contribution in [-0.4, -0.2) is 31.9 Å². The highest BCUT2D eigenvalue weighted by Crippen LogP contribution is 2.25. The van der Waals surface area contributed by atoms with Gasteiger partial charge < -0.3 is 4.74 Å². The zero-order chi connectivity index (χ0) is 18.7. The summed E-state index contributed by atoms with van der Waals surface area (Å²) in [5.74, 6) is 0.318. The molecule has 1 unspecified atom stereocenters. The summed E-state index contributed by atoms with van der Waals surface area (Å²) in [7, 11) is -2.26. The second kappa shape index (κ2) is 7.61. The van der Waals surface area contributed by atoms with Crippen molar-refractivity contribution in [2.24, 2.45) is 0 Å². The van der Waals surface area contributed by atoms with Crippen molar-refractivity contribution >= 4 is 21.4 Å². The molecule has 0 aliphatic carbocycles. The number of nitrogens with one attached hydrogen (secondary N) is 1. The number of thiophene rings is 1. The van der Waals surface area contributed by atoms with Crippen LogP contribution in [0, 0.1) is 13.8 Å². The van der Waals surface area contributed by atoms with Gasteiger partial charge in [-0.05, 0) is 54.4 Å². The van der Waals surface area contributed by atoms with Gasteiger partial charge in [0.05, 0.1) is 18.8 Å². The highest BCUT2D eigenvalue weighted by atomic mass is 32.2. The van der Waals surface area contributed by atoms with Crippen LogP contribution in [0.1, 0.15) is 23.0 Å². The van der Waals surface area contributed by atoms with Crippen molar-refractivity contribution in [1.82, 2.24) is 14.5 Å². The van der Waals surface area contributed by atoms with E-state index >= 15 is 0 Å². The van der Waals surface area contributed by atoms with Crippen molar-refractivity contribution in [2.45, 2.75) is 24.8 Å². The molecular formula is C18H21N3O3S2. The Morgan fingerprint density at radius 1 is 1.27 bits per heavy atom. The summed E-state index contributed by atoms with van der Waals surface area (Å²) >= 11 is 1.57. The predicted molar refractivity (Wildman–Crippen MR) is 102 cm³/mol. The highest BCUT2D eigenvalue weighted by Gasteiger charge is 2.23. The fourth-order valence-corrected chi connectivity index (χ4v) is 4.79. The van der Waals surface area contributed by atoms with Gasteiger partial charge >= 0.3 is 0 Å². The van der Waals surface area contributed by atoms with Gasteiger partial charge in [0.25, 0.3) is 0 Å². The first-order chi connectivity index (χ1) is 12.4. The normalized spacial score (nSPS) is 12.9. The van der Waals surface area contributed by atoms with Gasteiger partial charge in [-0.15, -0.1) is 0 Å². The van der Waals surface area contributed by atoms with Crippen LogP contribution in [-0.2, 0) is 10.0 Å². The molecule has 0 amide bonds. The van der Waals surface area contributed by atoms with Crippen LogP contribution in [0.25, 0.3) is 0 Å². The molecule has 0 saturated carbocycles. The van der Waals surface area contributed by atoms with E-state index in [1.165, 1.54) is 13.2 Å². The number of nitrogens with zero attached hydrogens (tertiary/aromatic N) is 2. The molecule has 2 aromatic heterocycles. The summed E-state index contributed by atoms with van der Waals surface area (Å²) in [5.41, 5.74) is 2.90. The molecule has 0 saturated heterocycles. The van der Waals surface area contributed by atoms with Crippen molar-refractivity contribution in [1.29, 1.82) is 0 Å². The van der Waals surface area contributed by atoms with Crippen molar-refractivity contribution < 1.29 is 13.2 Å². The first-order valence-corrected chi connectivity index (χ1v) is 10.5. The summed E-state index contributed by atoms with van der Waals surface area (Å²) in [6, 6.07) is 10.3. The van der Waals surface area contributed by atoms with Gasteiger partial charge in [-0.1, -0.05) is 12.1 Å². The van der Waals surface area contributed by atoms with E-state index in [-0.39, 0.29) is 17.5 Å². The Morgan fingerprint density at radius 2 is 2.04 bits per heavy atom. The zero-order valence-electron chi connectivity index (χ0n) is 14.8. The number of hydrogen-bond donors (Lipinski definition) is 1. The molecular weight excluding hydrogens is 370 g/mol. The largest absolute Gasteiger partial charge is 0.495 e. The molecule has 1 atom stereocenters. The number of benzene rings is 1. The minimum absolute atomic E-state index is 0.125. The Kier molecular flexibility index (Phi) is 5.45. The Hall–Kier alpha value is -2.16. The maximum absolute atomic E-state index is 12.8. The Balaban J connectivity index is 1.90. The van der Waals surface area contributed by atoms with Gasteiger partial charge in [0.15, 0.2) is 0 Å². The van der Waals surface area contributed by atoms with Crippen LogP contribution >= 0.6 is 11.3 Å². The molecule has 1 N–H and O–H groups in total. The average molecular weight is 392 g/mol. The van der Waals surface area contributed by atoms with Gasteiger partial charge in [0.1, 0.15) is 10.6 Å². The van der Waals surface area contributed by atoms with Gasteiger partial charge in [0, 0.05) is 12.2 Å². The molecule has 26 heavy (non-hydrogen) atoms. The molecule has 6 nitrogen and oxygen atoms in total. The molecule has 0 aliphatic rings. The molecule has 0 spiro atoms. The first-order valence-electron chi connectivity index (χ1n) is 8.10. The van der Waals surface area contributed by atoms with Gasteiger partial charge in [-0.3, -0.25) is 4.68 Å². The number of hydrogen-bond acceptors (Lipinski definition) is 5. The second-order valence-electron chi connectivity index (χ2n) is 5.95. The van der Waals surface area contributed by atoms with E-state index in [1.54, 1.807) is 29.5 Å². The van der Waals surface area contributed by atoms with Crippen LogP contribution in [0.4, 0.5) is 0 Å². The molecule has 0 fully saturated rings. The quantitative estimate of drug-likeness (QED) is 0.672. The Labute approximate surface area is 157 Å². The third-order valence-corrected chi connectivity index (χ3v) is 6.26. The van der Waals surface area contributed by atoms with Crippen LogP contribution in [0.5, 0.6) is 5.75 Å². The zero-order valence-corrected chi connectivity index (χ0v) is 16.5. The lowest BCUT2D eigenvalue weighted by atomic mass is 10.1. The number of aryl methyl sites for hydroxylation is 2. The van der Waals surface area contributed by atoms with E-state index in [1.807, 2.05) is 41.4 Å². The maximum Gasteiger partial charge on any atom is 0.244 e. The lowest BCUT2D eigenvalue weighted by Gasteiger charge is -2.20. The monoisotopic (exact) mass is 391 g/mol. The highest BCUT2D eigenvalue weighted by molar-refractivity contribution is 7.89. The standard InChI is InChI=1S/C18H21N3O3S2/c1-13-10-14(2)21(20-13)16(15-8-9-25-12-15)11-19-26(22,23)18-7-5-4-6-17(18)24-3/h4-10,12,16,19H,11H2,1-3H3. The molecule has 8 heteroatoms. The van der Waals surface area contributed by atoms with E-state index < -0.39 is 10.0 Å². The van der Waals surface area contributed by atoms with Crippen LogP contribution in [0.2, 0.25) is 0 Å². The second-order valence-corrected chi connectivity index (χ2v) is 8.46. The third kappa shape index (κ3) is 3.82. The topological polar surface area (TPSA) is 73.2 Å². The van der Waals surface area contributed by atoms with Crippen molar-refractivity contribution in [3.63, 3.8) is 0 Å². The number of ether oxygens (including phenoxy) is 1. The smallest absolute Gasteiger partial charge is 0.244 e. The molecule has 0 aliphatic heterocycles. The van der Waals surface area contributed by atoms with E-state index in [0.717, 1.165) is 17.0 Å². The van der Waals surface area contributed by atoms with Crippen LogP contribution < -0.4 is 9.46 Å². The number of aromatic nitrogens is 2. The molecule has 0 radical (unpaired) electrons.